The number of sulfone groups is 1. The third-order valence-corrected chi connectivity index (χ3v) is 9.42. The summed E-state index contributed by atoms with van der Waals surface area (Å²) in [5.74, 6) is -2.01. The molecule has 0 saturated carbocycles. The summed E-state index contributed by atoms with van der Waals surface area (Å²) in [6.07, 6.45) is 0.715. The van der Waals surface area contributed by atoms with E-state index in [1.54, 1.807) is 18.2 Å². The van der Waals surface area contributed by atoms with Crippen LogP contribution in [0.1, 0.15) is 45.5 Å². The molecule has 0 aliphatic carbocycles. The van der Waals surface area contributed by atoms with Gasteiger partial charge in [-0.15, -0.1) is 0 Å². The number of carbonyl (C=O) groups is 4. The van der Waals surface area contributed by atoms with Gasteiger partial charge in [0.2, 0.25) is 11.8 Å². The Morgan fingerprint density at radius 2 is 1.81 bits per heavy atom. The molecule has 164 valence electrons. The van der Waals surface area contributed by atoms with Crippen molar-refractivity contribution in [3.63, 3.8) is 0 Å². The van der Waals surface area contributed by atoms with E-state index in [4.69, 9.17) is 0 Å². The van der Waals surface area contributed by atoms with E-state index in [1.807, 2.05) is 0 Å². The number of benzene rings is 1. The average Bonchev–Trinajstić information content (AvgIpc) is 3.10. The molecule has 3 N–H and O–H groups in total. The monoisotopic (exact) mass is 446 g/mol. The summed E-state index contributed by atoms with van der Waals surface area (Å²) in [4.78, 5) is 50.2. The van der Waals surface area contributed by atoms with Crippen molar-refractivity contribution in [2.75, 3.05) is 18.8 Å². The van der Waals surface area contributed by atoms with Gasteiger partial charge in [-0.2, -0.15) is 0 Å². The van der Waals surface area contributed by atoms with Crippen molar-refractivity contribution in [2.24, 2.45) is 0 Å². The number of hydrogen-bond donors (Lipinski definition) is 3. The van der Waals surface area contributed by atoms with Gasteiger partial charge in [-0.05, 0) is 30.5 Å². The van der Waals surface area contributed by atoms with Crippen LogP contribution in [0.2, 0.25) is 0 Å². The maximum Gasteiger partial charge on any atom is 0.262 e. The predicted octanol–water partition coefficient (Wildman–Crippen LogP) is -1.29. The molecule has 0 bridgehead atoms. The Morgan fingerprint density at radius 3 is 2.48 bits per heavy atom. The van der Waals surface area contributed by atoms with Gasteiger partial charge in [0, 0.05) is 32.1 Å². The molecule has 4 aliphatic rings. The number of nitrogens with zero attached hydrogens (tertiary/aromatic N) is 1. The molecule has 10 nitrogen and oxygen atoms in total. The van der Waals surface area contributed by atoms with Gasteiger partial charge in [-0.1, -0.05) is 6.07 Å². The molecule has 2 atom stereocenters. The van der Waals surface area contributed by atoms with E-state index >= 15 is 0 Å². The second kappa shape index (κ2) is 6.94. The number of nitrogens with one attached hydrogen (secondary N) is 3. The maximum atomic E-state index is 12.9. The van der Waals surface area contributed by atoms with Gasteiger partial charge in [0.15, 0.2) is 9.84 Å². The van der Waals surface area contributed by atoms with Gasteiger partial charge in [0.1, 0.15) is 10.8 Å². The first-order valence-corrected chi connectivity index (χ1v) is 11.9. The number of fused-ring (bicyclic) bond motifs is 1. The quantitative estimate of drug-likeness (QED) is 0.485. The molecule has 1 spiro atoms. The Morgan fingerprint density at radius 1 is 1.06 bits per heavy atom. The first-order valence-electron chi connectivity index (χ1n) is 10.2. The smallest absolute Gasteiger partial charge is 0.262 e. The molecule has 11 heteroatoms. The molecule has 0 aromatic heterocycles. The van der Waals surface area contributed by atoms with Crippen LogP contribution >= 0.6 is 0 Å². The summed E-state index contributed by atoms with van der Waals surface area (Å²) >= 11 is 0. The van der Waals surface area contributed by atoms with Crippen molar-refractivity contribution in [1.82, 2.24) is 20.9 Å². The van der Waals surface area contributed by atoms with Gasteiger partial charge in [0.25, 0.3) is 11.8 Å². The molecule has 3 saturated heterocycles. The van der Waals surface area contributed by atoms with Crippen LogP contribution in [-0.4, -0.2) is 72.6 Å². The van der Waals surface area contributed by atoms with Crippen LogP contribution in [0.3, 0.4) is 0 Å². The van der Waals surface area contributed by atoms with Crippen molar-refractivity contribution in [3.05, 3.63) is 34.9 Å². The van der Waals surface area contributed by atoms with E-state index in [0.717, 1.165) is 10.5 Å². The van der Waals surface area contributed by atoms with Gasteiger partial charge >= 0.3 is 0 Å². The third kappa shape index (κ3) is 2.94. The zero-order valence-corrected chi connectivity index (χ0v) is 17.5. The number of rotatable bonds is 4. The van der Waals surface area contributed by atoms with Crippen LogP contribution in [0, 0.1) is 0 Å². The van der Waals surface area contributed by atoms with Crippen LogP contribution in [0.4, 0.5) is 0 Å². The highest BCUT2D eigenvalue weighted by molar-refractivity contribution is 7.93. The van der Waals surface area contributed by atoms with Gasteiger partial charge in [-0.3, -0.25) is 29.4 Å². The Bertz CT molecular complexity index is 1130. The molecule has 1 aromatic carbocycles. The fourth-order valence-electron chi connectivity index (χ4n) is 4.95. The molecule has 4 aliphatic heterocycles. The van der Waals surface area contributed by atoms with Crippen LogP contribution in [0.25, 0.3) is 0 Å². The molecule has 31 heavy (non-hydrogen) atoms. The molecule has 0 radical (unpaired) electrons. The molecule has 4 amide bonds. The van der Waals surface area contributed by atoms with E-state index in [2.05, 4.69) is 16.0 Å². The fourth-order valence-corrected chi connectivity index (χ4v) is 7.18. The number of piperidine rings is 1. The normalized spacial score (nSPS) is 28.6. The molecular formula is C20H22N4O6S. The number of amides is 4. The lowest BCUT2D eigenvalue weighted by Gasteiger charge is -2.42. The second-order valence-electron chi connectivity index (χ2n) is 8.54. The average molecular weight is 446 g/mol. The lowest BCUT2D eigenvalue weighted by atomic mass is 9.91. The van der Waals surface area contributed by atoms with Gasteiger partial charge in [-0.25, -0.2) is 8.42 Å². The first kappa shape index (κ1) is 20.3. The molecular weight excluding hydrogens is 424 g/mol. The largest absolute Gasteiger partial charge is 0.313 e. The Balaban J connectivity index is 1.33. The SMILES string of the molecule is O=C1CCC(N2C(=O)c3ccc(CNC4CCS(=O)(=O)C45CNC5)cc3C2=O)C(=O)N1. The van der Waals surface area contributed by atoms with E-state index in [0.29, 0.717) is 26.1 Å². The second-order valence-corrected chi connectivity index (χ2v) is 11.0. The maximum absolute atomic E-state index is 12.9. The molecule has 2 unspecified atom stereocenters. The number of imide groups is 2. The van der Waals surface area contributed by atoms with Crippen molar-refractivity contribution in [3.8, 4) is 0 Å². The summed E-state index contributed by atoms with van der Waals surface area (Å²) in [5.41, 5.74) is 1.19. The van der Waals surface area contributed by atoms with E-state index < -0.39 is 44.3 Å². The summed E-state index contributed by atoms with van der Waals surface area (Å²) in [6.45, 7) is 1.23. The van der Waals surface area contributed by atoms with Crippen molar-refractivity contribution < 1.29 is 27.6 Å². The molecule has 4 heterocycles. The molecule has 3 fully saturated rings. The highest BCUT2D eigenvalue weighted by Gasteiger charge is 2.58. The fraction of sp³-hybridized carbons (Fsp3) is 0.500. The summed E-state index contributed by atoms with van der Waals surface area (Å²) in [6, 6.07) is 3.72. The highest BCUT2D eigenvalue weighted by atomic mass is 32.2. The number of hydrogen-bond acceptors (Lipinski definition) is 8. The lowest BCUT2D eigenvalue weighted by molar-refractivity contribution is -0.136. The van der Waals surface area contributed by atoms with Crippen LogP contribution in [-0.2, 0) is 26.0 Å². The van der Waals surface area contributed by atoms with Crippen molar-refractivity contribution in [1.29, 1.82) is 0 Å². The summed E-state index contributed by atoms with van der Waals surface area (Å²) < 4.78 is 24.1. The topological polar surface area (TPSA) is 142 Å². The van der Waals surface area contributed by atoms with Gasteiger partial charge in [0.05, 0.1) is 16.9 Å². The molecule has 1 aromatic rings. The van der Waals surface area contributed by atoms with Crippen LogP contribution in [0.15, 0.2) is 18.2 Å². The molecule has 5 rings (SSSR count). The van der Waals surface area contributed by atoms with E-state index in [-0.39, 0.29) is 35.8 Å². The minimum absolute atomic E-state index is 0.0693. The Labute approximate surface area is 178 Å². The Hall–Kier alpha value is -2.63. The summed E-state index contributed by atoms with van der Waals surface area (Å²) in [7, 11) is -3.15. The van der Waals surface area contributed by atoms with E-state index in [9.17, 15) is 27.6 Å². The summed E-state index contributed by atoms with van der Waals surface area (Å²) in [5, 5.41) is 8.55. The van der Waals surface area contributed by atoms with Crippen LogP contribution < -0.4 is 16.0 Å². The standard InChI is InChI=1S/C20H22N4O6S/c25-16-4-3-14(17(26)23-16)24-18(27)12-2-1-11(7-13(12)19(24)28)8-22-15-5-6-31(29,30)20(15)9-21-10-20/h1-2,7,14-15,21-22H,3-6,8-10H2,(H,23,25,26). The zero-order chi connectivity index (χ0) is 22.0. The van der Waals surface area contributed by atoms with Crippen molar-refractivity contribution in [2.45, 2.75) is 42.6 Å². The van der Waals surface area contributed by atoms with Crippen molar-refractivity contribution >= 4 is 33.5 Å². The number of carbonyl (C=O) groups excluding carboxylic acids is 4. The zero-order valence-electron chi connectivity index (χ0n) is 16.6. The first-order chi connectivity index (χ1) is 14.7. The van der Waals surface area contributed by atoms with Gasteiger partial charge < -0.3 is 10.6 Å². The van der Waals surface area contributed by atoms with Crippen LogP contribution in [0.5, 0.6) is 0 Å². The predicted molar refractivity (Wildman–Crippen MR) is 108 cm³/mol. The third-order valence-electron chi connectivity index (χ3n) is 6.83. The van der Waals surface area contributed by atoms with E-state index in [1.165, 1.54) is 0 Å². The highest BCUT2D eigenvalue weighted by Crippen LogP contribution is 2.36. The minimum Gasteiger partial charge on any atom is -0.313 e. The Kier molecular flexibility index (Phi) is 4.54. The minimum atomic E-state index is -3.15. The lowest BCUT2D eigenvalue weighted by Crippen LogP contribution is -2.69.